The summed E-state index contributed by atoms with van der Waals surface area (Å²) < 4.78 is 14.3. The Balaban J connectivity index is 1.84. The van der Waals surface area contributed by atoms with Gasteiger partial charge in [-0.1, -0.05) is 45.0 Å². The Morgan fingerprint density at radius 3 is 2.42 bits per heavy atom. The van der Waals surface area contributed by atoms with Gasteiger partial charge in [-0.2, -0.15) is 4.39 Å². The second-order valence-electron chi connectivity index (χ2n) is 9.65. The molecule has 170 valence electrons. The first kappa shape index (κ1) is 22.6. The third-order valence-electron chi connectivity index (χ3n) is 6.37. The Morgan fingerprint density at radius 1 is 1.09 bits per heavy atom. The third-order valence-corrected chi connectivity index (χ3v) is 6.37. The molecule has 0 radical (unpaired) electrons. The van der Waals surface area contributed by atoms with Gasteiger partial charge in [0, 0.05) is 19.4 Å². The predicted molar refractivity (Wildman–Crippen MR) is 126 cm³/mol. The summed E-state index contributed by atoms with van der Waals surface area (Å²) in [4.78, 5) is 22.9. The number of hydrogen-bond donors (Lipinski definition) is 2. The number of nitrogens with one attached hydrogen (secondary N) is 2. The molecule has 1 saturated heterocycles. The molecule has 33 heavy (non-hydrogen) atoms. The van der Waals surface area contributed by atoms with Crippen LogP contribution in [0, 0.1) is 11.4 Å². The minimum Gasteiger partial charge on any atom is -0.346 e. The maximum absolute atomic E-state index is 14.3. The summed E-state index contributed by atoms with van der Waals surface area (Å²) in [5, 5.41) is 11.6. The SMILES string of the molecule is CN1C(=N)N[C@](C)(c2ccnc(-c3cccnc3F)c2)[C@H](c2ccc(C(C)(C)C)cc2)C1=O. The summed E-state index contributed by atoms with van der Waals surface area (Å²) in [6.45, 7) is 8.33. The zero-order valence-electron chi connectivity index (χ0n) is 19.5. The second-order valence-corrected chi connectivity index (χ2v) is 9.65. The Hall–Kier alpha value is -3.61. The van der Waals surface area contributed by atoms with Crippen LogP contribution in [0.5, 0.6) is 0 Å². The van der Waals surface area contributed by atoms with Crippen molar-refractivity contribution in [1.29, 1.82) is 5.41 Å². The van der Waals surface area contributed by atoms with Gasteiger partial charge in [0.2, 0.25) is 11.9 Å². The molecular formula is C26H28FN5O. The van der Waals surface area contributed by atoms with Crippen molar-refractivity contribution in [3.63, 3.8) is 0 Å². The van der Waals surface area contributed by atoms with Crippen molar-refractivity contribution in [2.75, 3.05) is 7.05 Å². The van der Waals surface area contributed by atoms with E-state index in [0.29, 0.717) is 5.69 Å². The molecule has 7 heteroatoms. The Labute approximate surface area is 193 Å². The number of carbonyl (C=O) groups excluding carboxylic acids is 1. The predicted octanol–water partition coefficient (Wildman–Crippen LogP) is 4.58. The van der Waals surface area contributed by atoms with E-state index in [0.717, 1.165) is 11.1 Å². The molecule has 0 unspecified atom stereocenters. The van der Waals surface area contributed by atoms with Gasteiger partial charge in [-0.3, -0.25) is 20.1 Å². The minimum absolute atomic E-state index is 0.0102. The molecule has 1 aromatic carbocycles. The number of pyridine rings is 2. The number of guanidine groups is 1. The number of halogens is 1. The highest BCUT2D eigenvalue weighted by molar-refractivity contribution is 6.02. The molecule has 2 aromatic heterocycles. The second kappa shape index (κ2) is 8.06. The number of hydrogen-bond acceptors (Lipinski definition) is 4. The average molecular weight is 446 g/mol. The maximum Gasteiger partial charge on any atom is 0.239 e. The highest BCUT2D eigenvalue weighted by atomic mass is 19.1. The molecule has 3 aromatic rings. The van der Waals surface area contributed by atoms with Crippen LogP contribution in [-0.4, -0.2) is 33.8 Å². The highest BCUT2D eigenvalue weighted by Crippen LogP contribution is 2.42. The third kappa shape index (κ3) is 3.99. The Kier molecular flexibility index (Phi) is 5.52. The average Bonchev–Trinajstić information content (AvgIpc) is 2.78. The van der Waals surface area contributed by atoms with Crippen molar-refractivity contribution in [1.82, 2.24) is 20.2 Å². The maximum atomic E-state index is 14.3. The normalized spacial score (nSPS) is 21.2. The van der Waals surface area contributed by atoms with Crippen molar-refractivity contribution in [2.45, 2.75) is 44.6 Å². The molecule has 0 aliphatic carbocycles. The standard InChI is InChI=1S/C26H28FN5O/c1-25(2,3)17-10-8-16(9-11-17)21-23(33)32(5)24(28)31-26(21,4)18-12-14-29-20(15-18)19-7-6-13-30-22(19)27/h6-15,21H,1-5H3,(H2,28,31)/t21-,26-/m1/s1. The molecule has 0 bridgehead atoms. The summed E-state index contributed by atoms with van der Waals surface area (Å²) in [7, 11) is 1.59. The van der Waals surface area contributed by atoms with Crippen LogP contribution < -0.4 is 5.32 Å². The van der Waals surface area contributed by atoms with Crippen LogP contribution in [0.15, 0.2) is 60.9 Å². The van der Waals surface area contributed by atoms with Gasteiger partial charge in [0.1, 0.15) is 0 Å². The Bertz CT molecular complexity index is 1220. The lowest BCUT2D eigenvalue weighted by atomic mass is 9.73. The molecular weight excluding hydrogens is 417 g/mol. The molecule has 4 rings (SSSR count). The molecule has 1 amide bonds. The van der Waals surface area contributed by atoms with Crippen LogP contribution in [0.25, 0.3) is 11.3 Å². The molecule has 1 aliphatic heterocycles. The van der Waals surface area contributed by atoms with Crippen LogP contribution in [0.3, 0.4) is 0 Å². The lowest BCUT2D eigenvalue weighted by Crippen LogP contribution is -2.62. The summed E-state index contributed by atoms with van der Waals surface area (Å²) in [5.41, 5.74) is 2.48. The number of amides is 1. The number of nitrogens with zero attached hydrogens (tertiary/aromatic N) is 3. The number of rotatable bonds is 3. The first-order valence-corrected chi connectivity index (χ1v) is 10.8. The van der Waals surface area contributed by atoms with Gasteiger partial charge in [0.25, 0.3) is 0 Å². The fourth-order valence-corrected chi connectivity index (χ4v) is 4.32. The molecule has 2 atom stereocenters. The number of likely N-dealkylation sites (N-methyl/N-ethyl adjacent to an activating group) is 1. The first-order chi connectivity index (χ1) is 15.5. The van der Waals surface area contributed by atoms with Crippen molar-refractivity contribution in [3.05, 3.63) is 83.6 Å². The summed E-state index contributed by atoms with van der Waals surface area (Å²) in [5.74, 6) is -1.38. The summed E-state index contributed by atoms with van der Waals surface area (Å²) in [6, 6.07) is 14.9. The minimum atomic E-state index is -0.944. The topological polar surface area (TPSA) is 82.0 Å². The van der Waals surface area contributed by atoms with Crippen molar-refractivity contribution < 1.29 is 9.18 Å². The van der Waals surface area contributed by atoms with Crippen molar-refractivity contribution >= 4 is 11.9 Å². The number of aromatic nitrogens is 2. The fraction of sp³-hybridized carbons (Fsp3) is 0.308. The smallest absolute Gasteiger partial charge is 0.239 e. The van der Waals surface area contributed by atoms with Crippen LogP contribution in [0.1, 0.15) is 50.3 Å². The van der Waals surface area contributed by atoms with E-state index in [1.54, 1.807) is 37.5 Å². The van der Waals surface area contributed by atoms with Gasteiger partial charge in [-0.05, 0) is 53.3 Å². The summed E-state index contributed by atoms with van der Waals surface area (Å²) in [6.07, 6.45) is 2.98. The molecule has 3 heterocycles. The van der Waals surface area contributed by atoms with Gasteiger partial charge in [0.05, 0.1) is 22.7 Å². The van der Waals surface area contributed by atoms with E-state index in [4.69, 9.17) is 5.41 Å². The lowest BCUT2D eigenvalue weighted by molar-refractivity contribution is -0.131. The molecule has 1 fully saturated rings. The van der Waals surface area contributed by atoms with E-state index in [1.165, 1.54) is 16.7 Å². The van der Waals surface area contributed by atoms with E-state index in [2.05, 4.69) is 36.1 Å². The largest absolute Gasteiger partial charge is 0.346 e. The van der Waals surface area contributed by atoms with Gasteiger partial charge >= 0.3 is 0 Å². The van der Waals surface area contributed by atoms with E-state index in [-0.39, 0.29) is 22.8 Å². The fourth-order valence-electron chi connectivity index (χ4n) is 4.32. The number of carbonyl (C=O) groups is 1. The van der Waals surface area contributed by atoms with Gasteiger partial charge < -0.3 is 5.32 Å². The van der Waals surface area contributed by atoms with E-state index >= 15 is 0 Å². The van der Waals surface area contributed by atoms with Gasteiger partial charge in [-0.25, -0.2) is 4.98 Å². The van der Waals surface area contributed by atoms with Crippen molar-refractivity contribution in [2.24, 2.45) is 0 Å². The summed E-state index contributed by atoms with van der Waals surface area (Å²) >= 11 is 0. The van der Waals surface area contributed by atoms with Crippen LogP contribution in [-0.2, 0) is 15.7 Å². The molecule has 2 N–H and O–H groups in total. The zero-order valence-corrected chi connectivity index (χ0v) is 19.5. The zero-order chi connectivity index (χ0) is 24.0. The molecule has 0 spiro atoms. The Morgan fingerprint density at radius 2 is 1.79 bits per heavy atom. The quantitative estimate of drug-likeness (QED) is 0.579. The van der Waals surface area contributed by atoms with E-state index in [1.807, 2.05) is 31.2 Å². The van der Waals surface area contributed by atoms with Crippen LogP contribution >= 0.6 is 0 Å². The van der Waals surface area contributed by atoms with Gasteiger partial charge in [0.15, 0.2) is 5.96 Å². The van der Waals surface area contributed by atoms with E-state index < -0.39 is 17.4 Å². The lowest BCUT2D eigenvalue weighted by Gasteiger charge is -2.46. The van der Waals surface area contributed by atoms with Crippen molar-refractivity contribution in [3.8, 4) is 11.3 Å². The molecule has 1 aliphatic rings. The number of benzene rings is 1. The van der Waals surface area contributed by atoms with Gasteiger partial charge in [-0.15, -0.1) is 0 Å². The molecule has 6 nitrogen and oxygen atoms in total. The van der Waals surface area contributed by atoms with E-state index in [9.17, 15) is 9.18 Å². The monoisotopic (exact) mass is 445 g/mol. The molecule has 0 saturated carbocycles. The van der Waals surface area contributed by atoms with Crippen LogP contribution in [0.2, 0.25) is 0 Å². The first-order valence-electron chi connectivity index (χ1n) is 10.8. The highest BCUT2D eigenvalue weighted by Gasteiger charge is 2.48. The van der Waals surface area contributed by atoms with Crippen LogP contribution in [0.4, 0.5) is 4.39 Å².